The SMILES string of the molecule is C[C@@H]1CC(C=O)Nc2cccc(-c3ccc4[nH]nc(-c5cnn(C)c5)c4c3)c2N1. The lowest BCUT2D eigenvalue weighted by Crippen LogP contribution is -2.25. The molecule has 0 spiro atoms. The van der Waals surface area contributed by atoms with E-state index in [0.717, 1.165) is 57.4 Å². The Morgan fingerprint density at radius 1 is 1.17 bits per heavy atom. The first-order valence-corrected chi connectivity index (χ1v) is 9.71. The zero-order chi connectivity index (χ0) is 20.0. The van der Waals surface area contributed by atoms with Crippen molar-refractivity contribution in [1.29, 1.82) is 0 Å². The number of fused-ring (bicyclic) bond motifs is 2. The summed E-state index contributed by atoms with van der Waals surface area (Å²) in [6.45, 7) is 2.10. The molecule has 0 aliphatic carbocycles. The van der Waals surface area contributed by atoms with E-state index in [9.17, 15) is 4.79 Å². The first kappa shape index (κ1) is 17.5. The van der Waals surface area contributed by atoms with Gasteiger partial charge in [0.2, 0.25) is 0 Å². The zero-order valence-electron chi connectivity index (χ0n) is 16.3. The van der Waals surface area contributed by atoms with Crippen LogP contribution >= 0.6 is 0 Å². The molecule has 0 bridgehead atoms. The number of aryl methyl sites for hydroxylation is 1. The first-order chi connectivity index (χ1) is 14.1. The number of carbonyl (C=O) groups excluding carboxylic acids is 1. The van der Waals surface area contributed by atoms with Gasteiger partial charge in [-0.05, 0) is 37.1 Å². The van der Waals surface area contributed by atoms with E-state index in [0.29, 0.717) is 0 Å². The Hall–Kier alpha value is -3.61. The van der Waals surface area contributed by atoms with Crippen molar-refractivity contribution in [3.05, 3.63) is 48.8 Å². The summed E-state index contributed by atoms with van der Waals surface area (Å²) in [4.78, 5) is 11.4. The molecular weight excluding hydrogens is 364 g/mol. The summed E-state index contributed by atoms with van der Waals surface area (Å²) in [6.07, 6.45) is 5.51. The maximum Gasteiger partial charge on any atom is 0.142 e. The Kier molecular flexibility index (Phi) is 4.08. The summed E-state index contributed by atoms with van der Waals surface area (Å²) in [5.41, 5.74) is 7.00. The lowest BCUT2D eigenvalue weighted by atomic mass is 9.99. The molecule has 1 aliphatic rings. The Morgan fingerprint density at radius 2 is 2.07 bits per heavy atom. The summed E-state index contributed by atoms with van der Waals surface area (Å²) < 4.78 is 1.78. The van der Waals surface area contributed by atoms with Crippen LogP contribution in [0.1, 0.15) is 13.3 Å². The van der Waals surface area contributed by atoms with Crippen molar-refractivity contribution >= 4 is 28.6 Å². The summed E-state index contributed by atoms with van der Waals surface area (Å²) in [5.74, 6) is 0. The number of nitrogens with one attached hydrogen (secondary N) is 3. The number of aromatic amines is 1. The highest BCUT2D eigenvalue weighted by molar-refractivity contribution is 5.98. The highest BCUT2D eigenvalue weighted by atomic mass is 16.1. The molecule has 3 heterocycles. The molecule has 4 aromatic rings. The van der Waals surface area contributed by atoms with E-state index in [2.05, 4.69) is 57.1 Å². The van der Waals surface area contributed by atoms with E-state index < -0.39 is 0 Å². The molecule has 0 saturated heterocycles. The number of hydrogen-bond donors (Lipinski definition) is 3. The Balaban J connectivity index is 1.64. The van der Waals surface area contributed by atoms with Gasteiger partial charge in [0, 0.05) is 35.8 Å². The summed E-state index contributed by atoms with van der Waals surface area (Å²) in [5, 5.41) is 19.9. The molecule has 7 heteroatoms. The largest absolute Gasteiger partial charge is 0.380 e. The van der Waals surface area contributed by atoms with Gasteiger partial charge in [0.05, 0.1) is 29.1 Å². The van der Waals surface area contributed by atoms with Gasteiger partial charge < -0.3 is 15.4 Å². The third-order valence-electron chi connectivity index (χ3n) is 5.42. The minimum Gasteiger partial charge on any atom is -0.380 e. The first-order valence-electron chi connectivity index (χ1n) is 9.71. The topological polar surface area (TPSA) is 87.6 Å². The van der Waals surface area contributed by atoms with Crippen LogP contribution in [-0.2, 0) is 11.8 Å². The van der Waals surface area contributed by atoms with Crippen LogP contribution in [0.3, 0.4) is 0 Å². The second kappa shape index (κ2) is 6.77. The second-order valence-electron chi connectivity index (χ2n) is 7.63. The highest BCUT2D eigenvalue weighted by Gasteiger charge is 2.22. The molecule has 7 nitrogen and oxygen atoms in total. The third kappa shape index (κ3) is 3.04. The molecule has 146 valence electrons. The summed E-state index contributed by atoms with van der Waals surface area (Å²) in [6, 6.07) is 12.4. The predicted octanol–water partition coefficient (Wildman–Crippen LogP) is 3.81. The van der Waals surface area contributed by atoms with E-state index >= 15 is 0 Å². The van der Waals surface area contributed by atoms with Crippen molar-refractivity contribution in [2.24, 2.45) is 7.05 Å². The minimum absolute atomic E-state index is 0.184. The molecule has 5 rings (SSSR count). The van der Waals surface area contributed by atoms with Gasteiger partial charge in [-0.25, -0.2) is 0 Å². The molecule has 2 aromatic heterocycles. The van der Waals surface area contributed by atoms with Gasteiger partial charge in [-0.15, -0.1) is 0 Å². The number of hydrogen-bond acceptors (Lipinski definition) is 5. The smallest absolute Gasteiger partial charge is 0.142 e. The molecule has 29 heavy (non-hydrogen) atoms. The molecule has 0 saturated carbocycles. The van der Waals surface area contributed by atoms with Crippen LogP contribution in [0.2, 0.25) is 0 Å². The van der Waals surface area contributed by atoms with Crippen LogP contribution in [0.4, 0.5) is 11.4 Å². The van der Waals surface area contributed by atoms with Crippen LogP contribution in [-0.4, -0.2) is 38.3 Å². The van der Waals surface area contributed by atoms with Crippen molar-refractivity contribution in [2.75, 3.05) is 10.6 Å². The lowest BCUT2D eigenvalue weighted by Gasteiger charge is -2.17. The number of rotatable bonds is 3. The number of nitrogens with zero attached hydrogens (tertiary/aromatic N) is 3. The van der Waals surface area contributed by atoms with Gasteiger partial charge in [0.1, 0.15) is 12.0 Å². The van der Waals surface area contributed by atoms with Gasteiger partial charge in [-0.1, -0.05) is 18.2 Å². The molecule has 0 amide bonds. The van der Waals surface area contributed by atoms with Gasteiger partial charge >= 0.3 is 0 Å². The maximum atomic E-state index is 11.4. The maximum absolute atomic E-state index is 11.4. The van der Waals surface area contributed by atoms with Crippen LogP contribution in [0.15, 0.2) is 48.8 Å². The second-order valence-corrected chi connectivity index (χ2v) is 7.63. The number of aromatic nitrogens is 4. The van der Waals surface area contributed by atoms with E-state index in [1.165, 1.54) is 0 Å². The van der Waals surface area contributed by atoms with Gasteiger partial charge in [-0.2, -0.15) is 10.2 Å². The molecule has 2 atom stereocenters. The van der Waals surface area contributed by atoms with E-state index in [1.807, 2.05) is 31.6 Å². The van der Waals surface area contributed by atoms with E-state index in [1.54, 1.807) is 4.68 Å². The normalized spacial score (nSPS) is 18.6. The number of aldehydes is 1. The Bertz CT molecular complexity index is 1210. The number of benzene rings is 2. The van der Waals surface area contributed by atoms with Crippen molar-refractivity contribution in [3.8, 4) is 22.4 Å². The fourth-order valence-electron chi connectivity index (χ4n) is 4.05. The van der Waals surface area contributed by atoms with Gasteiger partial charge in [0.25, 0.3) is 0 Å². The number of anilines is 2. The van der Waals surface area contributed by atoms with Crippen LogP contribution in [0.25, 0.3) is 33.3 Å². The highest BCUT2D eigenvalue weighted by Crippen LogP contribution is 2.39. The molecule has 1 unspecified atom stereocenters. The fourth-order valence-corrected chi connectivity index (χ4v) is 4.05. The molecular formula is C22H22N6O. The van der Waals surface area contributed by atoms with Crippen LogP contribution in [0, 0.1) is 0 Å². The van der Waals surface area contributed by atoms with E-state index in [-0.39, 0.29) is 12.1 Å². The van der Waals surface area contributed by atoms with Crippen molar-refractivity contribution in [3.63, 3.8) is 0 Å². The number of para-hydroxylation sites is 1. The molecule has 1 aliphatic heterocycles. The van der Waals surface area contributed by atoms with E-state index in [4.69, 9.17) is 0 Å². The monoisotopic (exact) mass is 386 g/mol. The Morgan fingerprint density at radius 3 is 2.86 bits per heavy atom. The standard InChI is InChI=1S/C22H22N6O/c1-13-8-16(12-29)25-20-5-3-4-17(22(20)24-13)14-6-7-19-18(9-14)21(27-26-19)15-10-23-28(2)11-15/h3-7,9-13,16,24-25H,8H2,1-2H3,(H,26,27)/t13-,16?/m1/s1. The zero-order valence-corrected chi connectivity index (χ0v) is 16.3. The quantitative estimate of drug-likeness (QED) is 0.466. The van der Waals surface area contributed by atoms with Gasteiger partial charge in [-0.3, -0.25) is 9.78 Å². The summed E-state index contributed by atoms with van der Waals surface area (Å²) >= 11 is 0. The van der Waals surface area contributed by atoms with Crippen molar-refractivity contribution < 1.29 is 4.79 Å². The van der Waals surface area contributed by atoms with Crippen LogP contribution < -0.4 is 10.6 Å². The lowest BCUT2D eigenvalue weighted by molar-refractivity contribution is -0.108. The van der Waals surface area contributed by atoms with Gasteiger partial charge in [0.15, 0.2) is 0 Å². The molecule has 3 N–H and O–H groups in total. The average Bonchev–Trinajstić information content (AvgIpc) is 3.29. The number of H-pyrrole nitrogens is 1. The molecule has 2 aromatic carbocycles. The van der Waals surface area contributed by atoms with Crippen molar-refractivity contribution in [2.45, 2.75) is 25.4 Å². The predicted molar refractivity (Wildman–Crippen MR) is 115 cm³/mol. The summed E-state index contributed by atoms with van der Waals surface area (Å²) in [7, 11) is 1.90. The van der Waals surface area contributed by atoms with Crippen molar-refractivity contribution in [1.82, 2.24) is 20.0 Å². The van der Waals surface area contributed by atoms with Crippen LogP contribution in [0.5, 0.6) is 0 Å². The third-order valence-corrected chi connectivity index (χ3v) is 5.42. The molecule has 0 radical (unpaired) electrons. The number of carbonyl (C=O) groups is 1. The fraction of sp³-hybridized carbons (Fsp3) is 0.227. The minimum atomic E-state index is -0.192. The molecule has 0 fully saturated rings. The average molecular weight is 386 g/mol. The Labute approximate surface area is 168 Å².